The van der Waals surface area contributed by atoms with Crippen molar-refractivity contribution in [3.63, 3.8) is 0 Å². The molecule has 6 nitrogen and oxygen atoms in total. The van der Waals surface area contributed by atoms with Crippen LogP contribution in [-0.4, -0.2) is 9.91 Å². The highest BCUT2D eigenvalue weighted by Gasteiger charge is 2.15. The Morgan fingerprint density at radius 1 is 1.40 bits per heavy atom. The fourth-order valence-corrected chi connectivity index (χ4v) is 1.57. The molecule has 0 saturated heterocycles. The van der Waals surface area contributed by atoms with Crippen LogP contribution < -0.4 is 5.32 Å². The van der Waals surface area contributed by atoms with Crippen LogP contribution in [0.4, 0.5) is 21.6 Å². The van der Waals surface area contributed by atoms with E-state index in [4.69, 9.17) is 5.26 Å². The Hall–Kier alpha value is -3.01. The van der Waals surface area contributed by atoms with Crippen LogP contribution in [0.2, 0.25) is 0 Å². The van der Waals surface area contributed by atoms with Gasteiger partial charge < -0.3 is 5.32 Å². The lowest BCUT2D eigenvalue weighted by Crippen LogP contribution is -2.00. The van der Waals surface area contributed by atoms with Crippen molar-refractivity contribution in [3.8, 4) is 6.07 Å². The molecule has 0 bridgehead atoms. The number of aryl methyl sites for hydroxylation is 1. The molecule has 0 atom stereocenters. The predicted molar refractivity (Wildman–Crippen MR) is 70.0 cm³/mol. The number of nitrogens with zero attached hydrogens (tertiary/aromatic N) is 3. The number of nitrogens with one attached hydrogen (secondary N) is 1. The zero-order valence-corrected chi connectivity index (χ0v) is 10.4. The number of aromatic nitrogens is 1. The van der Waals surface area contributed by atoms with Gasteiger partial charge in [-0.25, -0.2) is 9.37 Å². The van der Waals surface area contributed by atoms with Gasteiger partial charge in [0.1, 0.15) is 17.7 Å². The quantitative estimate of drug-likeness (QED) is 0.684. The summed E-state index contributed by atoms with van der Waals surface area (Å²) >= 11 is 0. The number of pyridine rings is 1. The molecule has 1 heterocycles. The molecule has 0 unspecified atom stereocenters. The number of nitriles is 1. The third-order valence-electron chi connectivity index (χ3n) is 2.62. The Morgan fingerprint density at radius 2 is 2.15 bits per heavy atom. The van der Waals surface area contributed by atoms with Crippen LogP contribution in [0.15, 0.2) is 30.3 Å². The van der Waals surface area contributed by atoms with Gasteiger partial charge in [-0.3, -0.25) is 10.1 Å². The lowest BCUT2D eigenvalue weighted by Gasteiger charge is -2.06. The second-order valence-electron chi connectivity index (χ2n) is 4.02. The van der Waals surface area contributed by atoms with Crippen molar-refractivity contribution in [3.05, 3.63) is 57.5 Å². The van der Waals surface area contributed by atoms with Gasteiger partial charge in [-0.1, -0.05) is 6.07 Å². The van der Waals surface area contributed by atoms with Crippen LogP contribution in [-0.2, 0) is 0 Å². The lowest BCUT2D eigenvalue weighted by molar-refractivity contribution is -0.385. The van der Waals surface area contributed by atoms with E-state index in [0.29, 0.717) is 11.3 Å². The fraction of sp³-hybridized carbons (Fsp3) is 0.0769. The molecule has 0 amide bonds. The zero-order valence-electron chi connectivity index (χ0n) is 10.4. The van der Waals surface area contributed by atoms with Crippen molar-refractivity contribution < 1.29 is 9.31 Å². The van der Waals surface area contributed by atoms with Crippen LogP contribution >= 0.6 is 0 Å². The van der Waals surface area contributed by atoms with Gasteiger partial charge in [0.25, 0.3) is 0 Å². The Kier molecular flexibility index (Phi) is 3.57. The summed E-state index contributed by atoms with van der Waals surface area (Å²) in [6.45, 7) is 1.64. The van der Waals surface area contributed by atoms with Crippen molar-refractivity contribution >= 4 is 17.2 Å². The number of rotatable bonds is 3. The van der Waals surface area contributed by atoms with E-state index < -0.39 is 4.92 Å². The monoisotopic (exact) mass is 272 g/mol. The third kappa shape index (κ3) is 2.70. The normalized spacial score (nSPS) is 9.85. The average molecular weight is 272 g/mol. The van der Waals surface area contributed by atoms with Crippen molar-refractivity contribution in [2.75, 3.05) is 5.32 Å². The molecule has 0 spiro atoms. The van der Waals surface area contributed by atoms with Crippen molar-refractivity contribution in [2.24, 2.45) is 0 Å². The minimum Gasteiger partial charge on any atom is -0.340 e. The van der Waals surface area contributed by atoms with Gasteiger partial charge in [-0.2, -0.15) is 5.26 Å². The average Bonchev–Trinajstić information content (AvgIpc) is 2.42. The molecule has 0 aliphatic carbocycles. The summed E-state index contributed by atoms with van der Waals surface area (Å²) in [6.07, 6.45) is 0. The molecule has 0 saturated carbocycles. The highest BCUT2D eigenvalue weighted by molar-refractivity contribution is 5.59. The van der Waals surface area contributed by atoms with E-state index >= 15 is 0 Å². The predicted octanol–water partition coefficient (Wildman–Crippen LogP) is 3.05. The van der Waals surface area contributed by atoms with E-state index in [1.165, 1.54) is 18.2 Å². The Morgan fingerprint density at radius 3 is 2.75 bits per heavy atom. The Bertz CT molecular complexity index is 725. The van der Waals surface area contributed by atoms with Gasteiger partial charge in [0.2, 0.25) is 5.69 Å². The van der Waals surface area contributed by atoms with Crippen molar-refractivity contribution in [1.82, 2.24) is 4.98 Å². The summed E-state index contributed by atoms with van der Waals surface area (Å²) in [4.78, 5) is 13.8. The van der Waals surface area contributed by atoms with Gasteiger partial charge in [-0.15, -0.1) is 0 Å². The van der Waals surface area contributed by atoms with Gasteiger partial charge in [0, 0.05) is 11.8 Å². The molecule has 0 radical (unpaired) electrons. The Balaban J connectivity index is 2.32. The van der Waals surface area contributed by atoms with E-state index in [1.807, 2.05) is 0 Å². The van der Waals surface area contributed by atoms with Gasteiger partial charge in [0.05, 0.1) is 4.92 Å². The second kappa shape index (κ2) is 5.32. The highest BCUT2D eigenvalue weighted by Crippen LogP contribution is 2.22. The number of hydrogen-bond acceptors (Lipinski definition) is 5. The first-order valence-corrected chi connectivity index (χ1v) is 5.60. The number of hydrogen-bond donors (Lipinski definition) is 1. The summed E-state index contributed by atoms with van der Waals surface area (Å²) in [5.74, 6) is -0.146. The molecule has 20 heavy (non-hydrogen) atoms. The molecular formula is C13H9FN4O2. The zero-order chi connectivity index (χ0) is 14.7. The SMILES string of the molecule is Cc1ccc(Nc2ccc([N+](=O)[O-])c(C#N)n2)cc1F. The van der Waals surface area contributed by atoms with E-state index in [1.54, 1.807) is 25.1 Å². The molecule has 0 aliphatic heterocycles. The first-order chi connectivity index (χ1) is 9.51. The van der Waals surface area contributed by atoms with Crippen LogP contribution in [0.5, 0.6) is 0 Å². The number of anilines is 2. The summed E-state index contributed by atoms with van der Waals surface area (Å²) in [7, 11) is 0. The maximum atomic E-state index is 13.4. The highest BCUT2D eigenvalue weighted by atomic mass is 19.1. The second-order valence-corrected chi connectivity index (χ2v) is 4.02. The number of nitro groups is 1. The first-order valence-electron chi connectivity index (χ1n) is 5.60. The lowest BCUT2D eigenvalue weighted by atomic mass is 10.2. The molecule has 0 fully saturated rings. The molecule has 1 aromatic carbocycles. The molecule has 7 heteroatoms. The van der Waals surface area contributed by atoms with Gasteiger partial charge in [-0.05, 0) is 30.7 Å². The summed E-state index contributed by atoms with van der Waals surface area (Å²) in [5.41, 5.74) is 0.281. The molecular weight excluding hydrogens is 263 g/mol. The minimum atomic E-state index is -0.680. The number of halogens is 1. The third-order valence-corrected chi connectivity index (χ3v) is 2.62. The molecule has 2 rings (SSSR count). The summed E-state index contributed by atoms with van der Waals surface area (Å²) < 4.78 is 13.4. The topological polar surface area (TPSA) is 91.9 Å². The van der Waals surface area contributed by atoms with Crippen LogP contribution in [0, 0.1) is 34.2 Å². The Labute approximate surface area is 113 Å². The molecule has 2 aromatic rings. The maximum Gasteiger partial charge on any atom is 0.305 e. The molecule has 100 valence electrons. The van der Waals surface area contributed by atoms with Crippen LogP contribution in [0.1, 0.15) is 11.3 Å². The number of benzene rings is 1. The smallest absolute Gasteiger partial charge is 0.305 e. The van der Waals surface area contributed by atoms with E-state index in [2.05, 4.69) is 10.3 Å². The minimum absolute atomic E-state index is 0.232. The van der Waals surface area contributed by atoms with Crippen LogP contribution in [0.3, 0.4) is 0 Å². The first kappa shape index (κ1) is 13.4. The van der Waals surface area contributed by atoms with Gasteiger partial charge >= 0.3 is 5.69 Å². The van der Waals surface area contributed by atoms with Crippen molar-refractivity contribution in [2.45, 2.75) is 6.92 Å². The largest absolute Gasteiger partial charge is 0.340 e. The van der Waals surface area contributed by atoms with E-state index in [-0.39, 0.29) is 23.0 Å². The fourth-order valence-electron chi connectivity index (χ4n) is 1.57. The summed E-state index contributed by atoms with van der Waals surface area (Å²) in [6, 6.07) is 8.71. The molecule has 0 aliphatic rings. The van der Waals surface area contributed by atoms with Gasteiger partial charge in [0.15, 0.2) is 0 Å². The summed E-state index contributed by atoms with van der Waals surface area (Å²) in [5, 5.41) is 22.3. The molecule has 1 N–H and O–H groups in total. The van der Waals surface area contributed by atoms with E-state index in [9.17, 15) is 14.5 Å². The maximum absolute atomic E-state index is 13.4. The van der Waals surface area contributed by atoms with E-state index in [0.717, 1.165) is 0 Å². The van der Waals surface area contributed by atoms with Crippen LogP contribution in [0.25, 0.3) is 0 Å². The van der Waals surface area contributed by atoms with Crippen molar-refractivity contribution in [1.29, 1.82) is 5.26 Å². The standard InChI is InChI=1S/C13H9FN4O2/c1-8-2-3-9(6-10(8)14)16-13-5-4-12(18(19)20)11(7-15)17-13/h2-6H,1H3,(H,16,17). The molecule has 1 aromatic heterocycles.